The predicted molar refractivity (Wildman–Crippen MR) is 211 cm³/mol. The van der Waals surface area contributed by atoms with E-state index in [-0.39, 0.29) is 35.9 Å². The number of imidazole rings is 1. The number of nitrogens with one attached hydrogen (secondary N) is 1. The van der Waals surface area contributed by atoms with Gasteiger partial charge < -0.3 is 14.6 Å². The summed E-state index contributed by atoms with van der Waals surface area (Å²) in [7, 11) is 0. The summed E-state index contributed by atoms with van der Waals surface area (Å²) in [5.74, 6) is 0.423. The Kier molecular flexibility index (Phi) is 10.8. The minimum Gasteiger partial charge on any atom is -0.444 e. The number of hydrogen-bond acceptors (Lipinski definition) is 6. The summed E-state index contributed by atoms with van der Waals surface area (Å²) >= 11 is 0. The van der Waals surface area contributed by atoms with Gasteiger partial charge in [-0.15, -0.1) is 0 Å². The molecule has 3 aliphatic heterocycles. The highest BCUT2D eigenvalue weighted by molar-refractivity contribution is 6.03. The molecule has 2 saturated heterocycles. The normalized spacial score (nSPS) is 19.3. The van der Waals surface area contributed by atoms with E-state index in [0.29, 0.717) is 30.0 Å². The molecule has 54 heavy (non-hydrogen) atoms. The van der Waals surface area contributed by atoms with E-state index < -0.39 is 5.60 Å². The number of rotatable bonds is 10. The molecule has 4 aromatic rings. The third kappa shape index (κ3) is 7.76. The molecule has 0 saturated carbocycles. The molecule has 0 unspecified atom stereocenters. The van der Waals surface area contributed by atoms with E-state index in [2.05, 4.69) is 57.9 Å². The average Bonchev–Trinajstić information content (AvgIpc) is 4.00. The zero-order valence-electron chi connectivity index (χ0n) is 32.0. The first kappa shape index (κ1) is 37.2. The van der Waals surface area contributed by atoms with Crippen LogP contribution in [-0.4, -0.2) is 80.2 Å². The van der Waals surface area contributed by atoms with Crippen LogP contribution in [0.15, 0.2) is 90.2 Å². The molecule has 7 rings (SSSR count). The molecule has 3 atom stereocenters. The Labute approximate surface area is 317 Å². The van der Waals surface area contributed by atoms with Crippen molar-refractivity contribution in [2.75, 3.05) is 26.2 Å². The molecule has 9 nitrogen and oxygen atoms in total. The Hall–Kier alpha value is -5.09. The van der Waals surface area contributed by atoms with E-state index in [1.807, 2.05) is 63.4 Å². The van der Waals surface area contributed by atoms with Gasteiger partial charge in [-0.1, -0.05) is 74.5 Å². The van der Waals surface area contributed by atoms with Crippen molar-refractivity contribution >= 4 is 23.3 Å². The number of carbonyl (C=O) groups excluding carboxylic acids is 2. The number of aromatic amines is 1. The van der Waals surface area contributed by atoms with Crippen molar-refractivity contribution in [3.8, 4) is 22.4 Å². The predicted octanol–water partition coefficient (Wildman–Crippen LogP) is 9.21. The lowest BCUT2D eigenvalue weighted by molar-refractivity contribution is -0.137. The van der Waals surface area contributed by atoms with Gasteiger partial charge in [0.1, 0.15) is 23.3 Å². The number of allylic oxidation sites excluding steroid dienone is 1. The van der Waals surface area contributed by atoms with Gasteiger partial charge >= 0.3 is 6.09 Å². The van der Waals surface area contributed by atoms with Gasteiger partial charge in [-0.05, 0) is 99.5 Å². The number of ether oxygens (including phenoxy) is 1. The number of carbonyl (C=O) groups is 2. The van der Waals surface area contributed by atoms with Crippen molar-refractivity contribution in [3.05, 3.63) is 108 Å². The van der Waals surface area contributed by atoms with Crippen LogP contribution < -0.4 is 0 Å². The lowest BCUT2D eigenvalue weighted by atomic mass is 9.95. The number of aliphatic imine (C=N–C) groups is 1. The molecule has 0 bridgehead atoms. The number of likely N-dealkylation sites (tertiary alicyclic amines) is 2. The second kappa shape index (κ2) is 15.7. The maximum atomic E-state index is 15.6. The number of likely N-dealkylation sites (N-methyl/N-ethyl adjacent to an activating group) is 1. The van der Waals surface area contributed by atoms with E-state index in [1.54, 1.807) is 23.2 Å². The molecule has 4 heterocycles. The van der Waals surface area contributed by atoms with E-state index in [1.165, 1.54) is 0 Å². The largest absolute Gasteiger partial charge is 0.444 e. The van der Waals surface area contributed by atoms with Gasteiger partial charge in [-0.3, -0.25) is 19.6 Å². The molecule has 0 aliphatic carbocycles. The fraction of sp³-hybridized carbons (Fsp3) is 0.409. The summed E-state index contributed by atoms with van der Waals surface area (Å²) in [6.07, 6.45) is 7.39. The Morgan fingerprint density at radius 3 is 2.26 bits per heavy atom. The fourth-order valence-electron chi connectivity index (χ4n) is 8.12. The molecule has 0 radical (unpaired) electrons. The van der Waals surface area contributed by atoms with Crippen LogP contribution in [-0.2, 0) is 9.53 Å². The van der Waals surface area contributed by atoms with Gasteiger partial charge in [0.25, 0.3) is 0 Å². The minimum absolute atomic E-state index is 0.0122. The lowest BCUT2D eigenvalue weighted by Gasteiger charge is -2.35. The summed E-state index contributed by atoms with van der Waals surface area (Å²) < 4.78 is 21.3. The van der Waals surface area contributed by atoms with Crippen molar-refractivity contribution < 1.29 is 18.7 Å². The second-order valence-corrected chi connectivity index (χ2v) is 15.5. The molecule has 3 aliphatic rings. The summed E-state index contributed by atoms with van der Waals surface area (Å²) in [5.41, 5.74) is 6.32. The highest BCUT2D eigenvalue weighted by atomic mass is 19.1. The summed E-state index contributed by atoms with van der Waals surface area (Å²) in [6.45, 7) is 12.7. The second-order valence-electron chi connectivity index (χ2n) is 15.5. The highest BCUT2D eigenvalue weighted by Gasteiger charge is 2.39. The van der Waals surface area contributed by atoms with Gasteiger partial charge in [-0.25, -0.2) is 14.2 Å². The van der Waals surface area contributed by atoms with E-state index in [0.717, 1.165) is 78.9 Å². The number of hydrogen-bond donors (Lipinski definition) is 1. The van der Waals surface area contributed by atoms with Crippen LogP contribution in [0.1, 0.15) is 95.8 Å². The third-order valence-corrected chi connectivity index (χ3v) is 10.8. The van der Waals surface area contributed by atoms with E-state index in [4.69, 9.17) is 9.73 Å². The highest BCUT2D eigenvalue weighted by Crippen LogP contribution is 2.36. The first-order valence-electron chi connectivity index (χ1n) is 19.3. The average molecular weight is 731 g/mol. The fourth-order valence-corrected chi connectivity index (χ4v) is 8.12. The Morgan fingerprint density at radius 2 is 1.57 bits per heavy atom. The third-order valence-electron chi connectivity index (χ3n) is 10.8. The van der Waals surface area contributed by atoms with E-state index >= 15 is 4.39 Å². The zero-order valence-corrected chi connectivity index (χ0v) is 32.0. The Balaban J connectivity index is 1.00. The molecule has 282 valence electrons. The van der Waals surface area contributed by atoms with E-state index in [9.17, 15) is 9.59 Å². The summed E-state index contributed by atoms with van der Waals surface area (Å²) in [6, 6.07) is 22.9. The van der Waals surface area contributed by atoms with Gasteiger partial charge in [0.2, 0.25) is 5.91 Å². The van der Waals surface area contributed by atoms with Crippen molar-refractivity contribution in [2.24, 2.45) is 4.99 Å². The monoisotopic (exact) mass is 730 g/mol. The molecule has 2 fully saturated rings. The maximum absolute atomic E-state index is 15.6. The standard InChI is InChI=1S/C44H51FN6O3/c1-6-49(7-2)40(31-13-9-8-10-14-31)42(52)50-23-11-15-38(50)36-26-33(27-46-36)30-19-17-29(18-20-30)32-21-22-34(35(45)25-32)37-28-47-41(48-37)39-16-12-24-51(39)43(53)54-44(3,4)5/h8-10,13-14,17-22,25,27-28,38-40H,6-7,11-12,15-16,23-24,26H2,1-5H3,(H,47,48)/t38-,39-,40+/m0/s1. The number of H-pyrrole nitrogens is 1. The first-order valence-corrected chi connectivity index (χ1v) is 19.3. The van der Waals surface area contributed by atoms with Gasteiger partial charge in [0.15, 0.2) is 0 Å². The molecule has 3 aromatic carbocycles. The molecular formula is C44H51FN6O3. The van der Waals surface area contributed by atoms with Crippen LogP contribution in [0.5, 0.6) is 0 Å². The van der Waals surface area contributed by atoms with Crippen LogP contribution >= 0.6 is 0 Å². The number of aromatic nitrogens is 2. The number of halogens is 1. The first-order chi connectivity index (χ1) is 26.0. The SMILES string of the molecule is CCN(CC)[C@@H](C(=O)N1CCC[C@H]1C1=NC=C(c2ccc(-c3ccc(-c4cnc([C@@H]5CCCN5C(=O)OC(C)(C)C)[nH]4)c(F)c3)cc2)C1)c1ccccc1. The molecule has 0 spiro atoms. The zero-order chi connectivity index (χ0) is 38.0. The van der Waals surface area contributed by atoms with Gasteiger partial charge in [0, 0.05) is 37.0 Å². The van der Waals surface area contributed by atoms with Crippen LogP contribution in [0.25, 0.3) is 28.0 Å². The minimum atomic E-state index is -0.589. The lowest BCUT2D eigenvalue weighted by Crippen LogP contribution is -2.47. The van der Waals surface area contributed by atoms with Crippen LogP contribution in [0.2, 0.25) is 0 Å². The number of benzene rings is 3. The summed E-state index contributed by atoms with van der Waals surface area (Å²) in [4.78, 5) is 45.7. The molecular weight excluding hydrogens is 680 g/mol. The summed E-state index contributed by atoms with van der Waals surface area (Å²) in [5, 5.41) is 0. The van der Waals surface area contributed by atoms with Crippen molar-refractivity contribution in [3.63, 3.8) is 0 Å². The van der Waals surface area contributed by atoms with Crippen molar-refractivity contribution in [2.45, 2.75) is 90.4 Å². The number of amides is 2. The van der Waals surface area contributed by atoms with Crippen LogP contribution in [0, 0.1) is 5.82 Å². The Bertz CT molecular complexity index is 2030. The van der Waals surface area contributed by atoms with Crippen LogP contribution in [0.4, 0.5) is 9.18 Å². The molecule has 1 aromatic heterocycles. The molecule has 2 amide bonds. The van der Waals surface area contributed by atoms with Crippen molar-refractivity contribution in [1.82, 2.24) is 24.7 Å². The van der Waals surface area contributed by atoms with Gasteiger partial charge in [-0.2, -0.15) is 0 Å². The molecule has 10 heteroatoms. The van der Waals surface area contributed by atoms with Crippen molar-refractivity contribution in [1.29, 1.82) is 0 Å². The molecule has 1 N–H and O–H groups in total. The van der Waals surface area contributed by atoms with Crippen LogP contribution in [0.3, 0.4) is 0 Å². The maximum Gasteiger partial charge on any atom is 0.410 e. The smallest absolute Gasteiger partial charge is 0.410 e. The Morgan fingerprint density at radius 1 is 0.907 bits per heavy atom. The quantitative estimate of drug-likeness (QED) is 0.176. The topological polar surface area (TPSA) is 94.1 Å². The number of nitrogens with zero attached hydrogens (tertiary/aromatic N) is 5. The van der Waals surface area contributed by atoms with Gasteiger partial charge in [0.05, 0.1) is 24.0 Å².